The Bertz CT molecular complexity index is 1060. The second-order valence-electron chi connectivity index (χ2n) is 7.45. The summed E-state index contributed by atoms with van der Waals surface area (Å²) in [7, 11) is 0. The third kappa shape index (κ3) is 3.29. The summed E-state index contributed by atoms with van der Waals surface area (Å²) in [5, 5.41) is 18.6. The zero-order chi connectivity index (χ0) is 19.6. The van der Waals surface area contributed by atoms with Gasteiger partial charge in [0.25, 0.3) is 0 Å². The van der Waals surface area contributed by atoms with Crippen LogP contribution in [0.5, 0.6) is 0 Å². The third-order valence-corrected chi connectivity index (χ3v) is 5.77. The Balaban J connectivity index is 1.38. The first-order valence-electron chi connectivity index (χ1n) is 10.0. The number of benzene rings is 1. The van der Waals surface area contributed by atoms with Crippen molar-refractivity contribution in [3.63, 3.8) is 0 Å². The fourth-order valence-electron chi connectivity index (χ4n) is 4.23. The van der Waals surface area contributed by atoms with Gasteiger partial charge in [0.1, 0.15) is 18.2 Å². The highest BCUT2D eigenvalue weighted by Gasteiger charge is 2.22. The lowest BCUT2D eigenvalue weighted by Gasteiger charge is -2.36. The van der Waals surface area contributed by atoms with Gasteiger partial charge in [-0.1, -0.05) is 0 Å². The Morgan fingerprint density at radius 1 is 0.828 bits per heavy atom. The molecule has 3 aromatic rings. The number of nitrogens with zero attached hydrogens (tertiary/aromatic N) is 8. The number of piperazine rings is 1. The van der Waals surface area contributed by atoms with Crippen LogP contribution in [0.4, 0.5) is 17.3 Å². The topological polar surface area (TPSA) is 85.1 Å². The molecule has 0 bridgehead atoms. The van der Waals surface area contributed by atoms with Crippen LogP contribution < -0.4 is 14.7 Å². The fraction of sp³-hybridized carbons (Fsp3) is 0.381. The summed E-state index contributed by atoms with van der Waals surface area (Å²) in [6.07, 6.45) is 5.68. The number of anilines is 3. The molecule has 2 aromatic heterocycles. The molecule has 0 unspecified atom stereocenters. The number of hydrogen-bond donors (Lipinski definition) is 0. The van der Waals surface area contributed by atoms with Gasteiger partial charge in [0.2, 0.25) is 0 Å². The van der Waals surface area contributed by atoms with E-state index in [2.05, 4.69) is 59.1 Å². The second-order valence-corrected chi connectivity index (χ2v) is 7.45. The van der Waals surface area contributed by atoms with Gasteiger partial charge in [-0.05, 0) is 37.1 Å². The SMILES string of the molecule is N#Cc1ccnnc1N1CCN(c2ccc3ncnc(N4CCCC4)c3c2)CC1. The first-order valence-corrected chi connectivity index (χ1v) is 10.0. The van der Waals surface area contributed by atoms with Crippen molar-refractivity contribution in [2.24, 2.45) is 0 Å². The molecule has 0 aliphatic carbocycles. The molecule has 8 heteroatoms. The summed E-state index contributed by atoms with van der Waals surface area (Å²) in [6.45, 7) is 5.45. The Morgan fingerprint density at radius 3 is 2.38 bits per heavy atom. The number of aromatic nitrogens is 4. The van der Waals surface area contributed by atoms with E-state index in [1.165, 1.54) is 18.5 Å². The maximum Gasteiger partial charge on any atom is 0.169 e. The fourth-order valence-corrected chi connectivity index (χ4v) is 4.23. The van der Waals surface area contributed by atoms with Gasteiger partial charge in [-0.2, -0.15) is 10.4 Å². The van der Waals surface area contributed by atoms with Gasteiger partial charge in [0, 0.05) is 50.3 Å². The first-order chi connectivity index (χ1) is 14.3. The molecule has 8 nitrogen and oxygen atoms in total. The van der Waals surface area contributed by atoms with Crippen molar-refractivity contribution < 1.29 is 0 Å². The van der Waals surface area contributed by atoms with Gasteiger partial charge in [-0.3, -0.25) is 0 Å². The zero-order valence-corrected chi connectivity index (χ0v) is 16.2. The average Bonchev–Trinajstić information content (AvgIpc) is 3.33. The Morgan fingerprint density at radius 2 is 1.59 bits per heavy atom. The van der Waals surface area contributed by atoms with E-state index in [9.17, 15) is 5.26 Å². The summed E-state index contributed by atoms with van der Waals surface area (Å²) in [6, 6.07) is 10.4. The highest BCUT2D eigenvalue weighted by Crippen LogP contribution is 2.30. The quantitative estimate of drug-likeness (QED) is 0.677. The minimum absolute atomic E-state index is 0.576. The minimum Gasteiger partial charge on any atom is -0.368 e. The molecule has 4 heterocycles. The average molecular weight is 386 g/mol. The molecule has 2 aliphatic rings. The lowest BCUT2D eigenvalue weighted by Crippen LogP contribution is -2.47. The van der Waals surface area contributed by atoms with E-state index in [4.69, 9.17) is 0 Å². The van der Waals surface area contributed by atoms with Gasteiger partial charge in [-0.25, -0.2) is 9.97 Å². The largest absolute Gasteiger partial charge is 0.368 e. The summed E-state index contributed by atoms with van der Waals surface area (Å²) in [5.74, 6) is 1.73. The molecule has 29 heavy (non-hydrogen) atoms. The maximum absolute atomic E-state index is 9.32. The second kappa shape index (κ2) is 7.51. The minimum atomic E-state index is 0.576. The summed E-state index contributed by atoms with van der Waals surface area (Å²) < 4.78 is 0. The van der Waals surface area contributed by atoms with Crippen LogP contribution in [0, 0.1) is 11.3 Å². The van der Waals surface area contributed by atoms with Crippen LogP contribution in [-0.2, 0) is 0 Å². The molecule has 0 spiro atoms. The van der Waals surface area contributed by atoms with Crippen molar-refractivity contribution in [3.05, 3.63) is 42.4 Å². The summed E-state index contributed by atoms with van der Waals surface area (Å²) in [5.41, 5.74) is 2.75. The lowest BCUT2D eigenvalue weighted by atomic mass is 10.1. The van der Waals surface area contributed by atoms with Crippen LogP contribution in [0.15, 0.2) is 36.8 Å². The molecule has 0 amide bonds. The molecule has 0 radical (unpaired) electrons. The van der Waals surface area contributed by atoms with E-state index < -0.39 is 0 Å². The molecule has 2 saturated heterocycles. The molecule has 0 saturated carbocycles. The normalized spacial score (nSPS) is 17.0. The van der Waals surface area contributed by atoms with Crippen LogP contribution >= 0.6 is 0 Å². The summed E-state index contributed by atoms with van der Waals surface area (Å²) >= 11 is 0. The van der Waals surface area contributed by atoms with Crippen molar-refractivity contribution >= 4 is 28.2 Å². The zero-order valence-electron chi connectivity index (χ0n) is 16.2. The summed E-state index contributed by atoms with van der Waals surface area (Å²) in [4.78, 5) is 15.9. The lowest BCUT2D eigenvalue weighted by molar-refractivity contribution is 0.643. The maximum atomic E-state index is 9.32. The Kier molecular flexibility index (Phi) is 4.56. The third-order valence-electron chi connectivity index (χ3n) is 5.77. The predicted octanol–water partition coefficient (Wildman–Crippen LogP) is 2.22. The van der Waals surface area contributed by atoms with Gasteiger partial charge < -0.3 is 14.7 Å². The van der Waals surface area contributed by atoms with Gasteiger partial charge in [0.15, 0.2) is 5.82 Å². The smallest absolute Gasteiger partial charge is 0.169 e. The van der Waals surface area contributed by atoms with Crippen molar-refractivity contribution in [3.8, 4) is 6.07 Å². The van der Waals surface area contributed by atoms with E-state index >= 15 is 0 Å². The van der Waals surface area contributed by atoms with Crippen molar-refractivity contribution in [2.45, 2.75) is 12.8 Å². The van der Waals surface area contributed by atoms with Crippen molar-refractivity contribution in [2.75, 3.05) is 54.0 Å². The van der Waals surface area contributed by atoms with E-state index in [0.717, 1.165) is 56.0 Å². The molecule has 0 atom stereocenters. The Hall–Kier alpha value is -3.47. The highest BCUT2D eigenvalue weighted by atomic mass is 15.3. The molecule has 146 valence electrons. The molecule has 1 aromatic carbocycles. The van der Waals surface area contributed by atoms with E-state index in [0.29, 0.717) is 11.4 Å². The van der Waals surface area contributed by atoms with Crippen LogP contribution in [0.3, 0.4) is 0 Å². The number of hydrogen-bond acceptors (Lipinski definition) is 8. The van der Waals surface area contributed by atoms with Crippen LogP contribution in [0.1, 0.15) is 18.4 Å². The molecule has 5 rings (SSSR count). The van der Waals surface area contributed by atoms with Crippen molar-refractivity contribution in [1.82, 2.24) is 20.2 Å². The molecular formula is C21H22N8. The number of fused-ring (bicyclic) bond motifs is 1. The highest BCUT2D eigenvalue weighted by molar-refractivity contribution is 5.92. The predicted molar refractivity (Wildman–Crippen MR) is 112 cm³/mol. The number of rotatable bonds is 3. The molecule has 0 N–H and O–H groups in total. The van der Waals surface area contributed by atoms with Gasteiger partial charge >= 0.3 is 0 Å². The van der Waals surface area contributed by atoms with E-state index in [1.807, 2.05) is 0 Å². The molecule has 2 aliphatic heterocycles. The van der Waals surface area contributed by atoms with E-state index in [-0.39, 0.29) is 0 Å². The standard InChI is InChI=1S/C21H22N8/c22-14-16-5-6-25-26-20(16)29-11-9-27(10-12-29)17-3-4-19-18(13-17)21(24-15-23-19)28-7-1-2-8-28/h3-6,13,15H,1-2,7-12H2. The monoisotopic (exact) mass is 386 g/mol. The Labute approximate surface area is 169 Å². The molecule has 2 fully saturated rings. The van der Waals surface area contributed by atoms with Crippen LogP contribution in [0.2, 0.25) is 0 Å². The van der Waals surface area contributed by atoms with Crippen molar-refractivity contribution in [1.29, 1.82) is 5.26 Å². The van der Waals surface area contributed by atoms with E-state index in [1.54, 1.807) is 18.6 Å². The van der Waals surface area contributed by atoms with Crippen LogP contribution in [-0.4, -0.2) is 59.4 Å². The van der Waals surface area contributed by atoms with Gasteiger partial charge in [0.05, 0.1) is 17.3 Å². The van der Waals surface area contributed by atoms with Gasteiger partial charge in [-0.15, -0.1) is 5.10 Å². The molecular weight excluding hydrogens is 364 g/mol. The first kappa shape index (κ1) is 17.6. The van der Waals surface area contributed by atoms with Crippen LogP contribution in [0.25, 0.3) is 10.9 Å². The number of nitriles is 1.